The van der Waals surface area contributed by atoms with E-state index in [2.05, 4.69) is 10.3 Å². The van der Waals surface area contributed by atoms with E-state index in [4.69, 9.17) is 16.3 Å². The van der Waals surface area contributed by atoms with Crippen LogP contribution in [-0.4, -0.2) is 18.1 Å². The Morgan fingerprint density at radius 1 is 1.25 bits per heavy atom. The number of ether oxygens (including phenoxy) is 1. The number of benzene rings is 1. The number of hydrogen-bond acceptors (Lipinski definition) is 4. The lowest BCUT2D eigenvalue weighted by Crippen LogP contribution is -2.10. The molecule has 1 aromatic carbocycles. The van der Waals surface area contributed by atoms with Gasteiger partial charge in [-0.2, -0.15) is 0 Å². The van der Waals surface area contributed by atoms with Crippen LogP contribution in [0.3, 0.4) is 0 Å². The van der Waals surface area contributed by atoms with Crippen molar-refractivity contribution < 1.29 is 9.53 Å². The lowest BCUT2D eigenvalue weighted by atomic mass is 10.0. The average Bonchev–Trinajstić information content (AvgIpc) is 2.49. The molecule has 0 spiro atoms. The Morgan fingerprint density at radius 3 is 2.50 bits per heavy atom. The van der Waals surface area contributed by atoms with Crippen molar-refractivity contribution in [1.29, 1.82) is 0 Å². The molecule has 2 rings (SSSR count). The van der Waals surface area contributed by atoms with Gasteiger partial charge in [0, 0.05) is 11.9 Å². The third-order valence-electron chi connectivity index (χ3n) is 2.97. The molecule has 1 atom stereocenters. The number of nitrogens with zero attached hydrogens (tertiary/aromatic N) is 1. The normalized spacial score (nSPS) is 11.8. The van der Waals surface area contributed by atoms with Gasteiger partial charge < -0.3 is 10.1 Å². The maximum atomic E-state index is 11.5. The predicted molar refractivity (Wildman–Crippen MR) is 79.4 cm³/mol. The highest BCUT2D eigenvalue weighted by molar-refractivity contribution is 6.30. The quantitative estimate of drug-likeness (QED) is 0.871. The minimum absolute atomic E-state index is 0.245. The molecule has 0 aliphatic heterocycles. The molecule has 20 heavy (non-hydrogen) atoms. The van der Waals surface area contributed by atoms with Crippen molar-refractivity contribution in [2.45, 2.75) is 12.8 Å². The Balaban J connectivity index is 2.08. The van der Waals surface area contributed by atoms with E-state index in [0.717, 1.165) is 11.3 Å². The lowest BCUT2D eigenvalue weighted by molar-refractivity contribution is -0.141. The van der Waals surface area contributed by atoms with Crippen LogP contribution in [0.4, 0.5) is 11.5 Å². The summed E-state index contributed by atoms with van der Waals surface area (Å²) in [5, 5.41) is 3.75. The molecular weight excluding hydrogens is 276 g/mol. The Morgan fingerprint density at radius 2 is 1.95 bits per heavy atom. The molecular formula is C15H15ClN2O2. The third kappa shape index (κ3) is 3.48. The molecule has 5 heteroatoms. The van der Waals surface area contributed by atoms with Crippen LogP contribution < -0.4 is 5.32 Å². The summed E-state index contributed by atoms with van der Waals surface area (Å²) in [5.41, 5.74) is 1.80. The summed E-state index contributed by atoms with van der Waals surface area (Å²) in [5.74, 6) is 0.191. The van der Waals surface area contributed by atoms with Gasteiger partial charge in [0.1, 0.15) is 5.82 Å². The first-order valence-corrected chi connectivity index (χ1v) is 6.54. The van der Waals surface area contributed by atoms with E-state index in [0.29, 0.717) is 10.8 Å². The van der Waals surface area contributed by atoms with E-state index in [-0.39, 0.29) is 11.9 Å². The van der Waals surface area contributed by atoms with E-state index in [1.54, 1.807) is 18.3 Å². The predicted octanol–water partition coefficient (Wildman–Crippen LogP) is 3.76. The van der Waals surface area contributed by atoms with Gasteiger partial charge in [-0.25, -0.2) is 4.98 Å². The molecule has 104 valence electrons. The number of nitrogens with one attached hydrogen (secondary N) is 1. The van der Waals surface area contributed by atoms with Crippen molar-refractivity contribution in [2.24, 2.45) is 0 Å². The van der Waals surface area contributed by atoms with E-state index < -0.39 is 0 Å². The number of aromatic nitrogens is 1. The zero-order valence-electron chi connectivity index (χ0n) is 11.3. The molecule has 0 aliphatic rings. The lowest BCUT2D eigenvalue weighted by Gasteiger charge is -2.11. The van der Waals surface area contributed by atoms with Gasteiger partial charge in [-0.3, -0.25) is 4.79 Å². The van der Waals surface area contributed by atoms with Crippen LogP contribution in [0.1, 0.15) is 18.4 Å². The van der Waals surface area contributed by atoms with Gasteiger partial charge in [-0.05, 0) is 36.8 Å². The molecule has 1 N–H and O–H groups in total. The molecule has 2 aromatic rings. The standard InChI is InChI=1S/C15H15ClN2O2/c1-10(15(19)20-2)11-3-6-13(7-4-11)18-14-8-5-12(16)9-17-14/h3-10H,1-2H3,(H,17,18)/t10-/m0/s1. The number of hydrogen-bond donors (Lipinski definition) is 1. The SMILES string of the molecule is COC(=O)[C@@H](C)c1ccc(Nc2ccc(Cl)cn2)cc1. The highest BCUT2D eigenvalue weighted by Crippen LogP contribution is 2.21. The van der Waals surface area contributed by atoms with Crippen molar-refractivity contribution in [1.82, 2.24) is 4.98 Å². The zero-order chi connectivity index (χ0) is 14.5. The number of esters is 1. The van der Waals surface area contributed by atoms with Gasteiger partial charge in [0.25, 0.3) is 0 Å². The first kappa shape index (κ1) is 14.3. The number of halogens is 1. The van der Waals surface area contributed by atoms with Crippen molar-refractivity contribution in [3.8, 4) is 0 Å². The topological polar surface area (TPSA) is 51.2 Å². The molecule has 1 heterocycles. The van der Waals surface area contributed by atoms with Gasteiger partial charge in [0.05, 0.1) is 18.1 Å². The summed E-state index contributed by atoms with van der Waals surface area (Å²) in [6, 6.07) is 11.1. The van der Waals surface area contributed by atoms with E-state index in [9.17, 15) is 4.79 Å². The number of anilines is 2. The minimum Gasteiger partial charge on any atom is -0.469 e. The molecule has 0 unspecified atom stereocenters. The van der Waals surface area contributed by atoms with Crippen LogP contribution in [0.2, 0.25) is 5.02 Å². The zero-order valence-corrected chi connectivity index (χ0v) is 12.0. The third-order valence-corrected chi connectivity index (χ3v) is 3.19. The molecule has 0 saturated heterocycles. The van der Waals surface area contributed by atoms with Crippen molar-refractivity contribution in [3.63, 3.8) is 0 Å². The molecule has 0 amide bonds. The Kier molecular flexibility index (Phi) is 4.58. The average molecular weight is 291 g/mol. The van der Waals surface area contributed by atoms with E-state index >= 15 is 0 Å². The van der Waals surface area contributed by atoms with E-state index in [1.807, 2.05) is 31.2 Å². The van der Waals surface area contributed by atoms with E-state index in [1.165, 1.54) is 7.11 Å². The summed E-state index contributed by atoms with van der Waals surface area (Å²) in [6.45, 7) is 1.81. The van der Waals surface area contributed by atoms with Gasteiger partial charge >= 0.3 is 5.97 Å². The van der Waals surface area contributed by atoms with Crippen LogP contribution in [0.15, 0.2) is 42.6 Å². The van der Waals surface area contributed by atoms with Gasteiger partial charge in [0.15, 0.2) is 0 Å². The van der Waals surface area contributed by atoms with Gasteiger partial charge in [-0.1, -0.05) is 23.7 Å². The van der Waals surface area contributed by atoms with Gasteiger partial charge in [0.2, 0.25) is 0 Å². The molecule has 0 saturated carbocycles. The van der Waals surface area contributed by atoms with Crippen molar-refractivity contribution >= 4 is 29.1 Å². The molecule has 0 aliphatic carbocycles. The number of methoxy groups -OCH3 is 1. The second kappa shape index (κ2) is 6.39. The molecule has 0 bridgehead atoms. The van der Waals surface area contributed by atoms with Crippen LogP contribution in [0.5, 0.6) is 0 Å². The highest BCUT2D eigenvalue weighted by atomic mass is 35.5. The summed E-state index contributed by atoms with van der Waals surface area (Å²) < 4.78 is 4.73. The maximum absolute atomic E-state index is 11.5. The Labute approximate surface area is 122 Å². The summed E-state index contributed by atoms with van der Waals surface area (Å²) >= 11 is 5.78. The fraction of sp³-hybridized carbons (Fsp3) is 0.200. The summed E-state index contributed by atoms with van der Waals surface area (Å²) in [6.07, 6.45) is 1.58. The maximum Gasteiger partial charge on any atom is 0.312 e. The minimum atomic E-state index is -0.275. The van der Waals surface area contributed by atoms with Crippen molar-refractivity contribution in [2.75, 3.05) is 12.4 Å². The second-order valence-corrected chi connectivity index (χ2v) is 4.79. The first-order chi connectivity index (χ1) is 9.60. The molecule has 4 nitrogen and oxygen atoms in total. The number of carbonyl (C=O) groups is 1. The fourth-order valence-electron chi connectivity index (χ4n) is 1.77. The first-order valence-electron chi connectivity index (χ1n) is 6.16. The Bertz CT molecular complexity index is 582. The van der Waals surface area contributed by atoms with Crippen LogP contribution >= 0.6 is 11.6 Å². The van der Waals surface area contributed by atoms with Crippen LogP contribution in [0, 0.1) is 0 Å². The molecule has 0 fully saturated rings. The summed E-state index contributed by atoms with van der Waals surface area (Å²) in [7, 11) is 1.39. The summed E-state index contributed by atoms with van der Waals surface area (Å²) in [4.78, 5) is 15.6. The highest BCUT2D eigenvalue weighted by Gasteiger charge is 2.15. The number of carbonyl (C=O) groups excluding carboxylic acids is 1. The monoisotopic (exact) mass is 290 g/mol. The molecule has 0 radical (unpaired) electrons. The largest absolute Gasteiger partial charge is 0.469 e. The van der Waals surface area contributed by atoms with Crippen LogP contribution in [0.25, 0.3) is 0 Å². The number of rotatable bonds is 4. The van der Waals surface area contributed by atoms with Crippen molar-refractivity contribution in [3.05, 3.63) is 53.2 Å². The fourth-order valence-corrected chi connectivity index (χ4v) is 1.88. The van der Waals surface area contributed by atoms with Gasteiger partial charge in [-0.15, -0.1) is 0 Å². The second-order valence-electron chi connectivity index (χ2n) is 4.35. The van der Waals surface area contributed by atoms with Crippen LogP contribution in [-0.2, 0) is 9.53 Å². The number of pyridine rings is 1. The smallest absolute Gasteiger partial charge is 0.312 e. The molecule has 1 aromatic heterocycles. The Hall–Kier alpha value is -2.07.